The quantitative estimate of drug-likeness (QED) is 0.251. The molecule has 2 aromatic carbocycles. The lowest BCUT2D eigenvalue weighted by atomic mass is 9.95. The predicted molar refractivity (Wildman–Crippen MR) is 159 cm³/mol. The maximum Gasteiger partial charge on any atom is 0.408 e. The molecule has 10 nitrogen and oxygen atoms in total. The summed E-state index contributed by atoms with van der Waals surface area (Å²) in [6.45, 7) is 4.42. The van der Waals surface area contributed by atoms with Crippen LogP contribution in [0.5, 0.6) is 5.75 Å². The Morgan fingerprint density at radius 2 is 1.79 bits per heavy atom. The number of alkyl carbamates (subject to hydrolysis) is 1. The van der Waals surface area contributed by atoms with Gasteiger partial charge >= 0.3 is 6.09 Å². The van der Waals surface area contributed by atoms with Crippen LogP contribution in [0.1, 0.15) is 48.5 Å². The largest absolute Gasteiger partial charge is 0.496 e. The Morgan fingerprint density at radius 1 is 1.05 bits per heavy atom. The minimum Gasteiger partial charge on any atom is -0.496 e. The van der Waals surface area contributed by atoms with E-state index < -0.39 is 35.8 Å². The number of aromatic nitrogens is 1. The summed E-state index contributed by atoms with van der Waals surface area (Å²) in [5.41, 5.74) is 1.61. The number of carbonyl (C=O) groups excluding carboxylic acids is 4. The van der Waals surface area contributed by atoms with E-state index in [1.165, 1.54) is 11.3 Å². The van der Waals surface area contributed by atoms with Gasteiger partial charge in [0.25, 0.3) is 0 Å². The maximum atomic E-state index is 13.8. The van der Waals surface area contributed by atoms with E-state index in [0.29, 0.717) is 25.1 Å². The molecular formula is C31H36N4O6S. The van der Waals surface area contributed by atoms with E-state index >= 15 is 0 Å². The van der Waals surface area contributed by atoms with Crippen molar-refractivity contribution in [2.75, 3.05) is 13.7 Å². The summed E-state index contributed by atoms with van der Waals surface area (Å²) in [5, 5.41) is 8.46. The average molecular weight is 593 g/mol. The van der Waals surface area contributed by atoms with Crippen molar-refractivity contribution in [1.29, 1.82) is 0 Å². The number of ether oxygens (including phenoxy) is 2. The Hall–Kier alpha value is -4.25. The molecule has 3 atom stereocenters. The van der Waals surface area contributed by atoms with Gasteiger partial charge < -0.3 is 25.4 Å². The fourth-order valence-electron chi connectivity index (χ4n) is 4.78. The molecule has 1 saturated heterocycles. The molecule has 0 saturated carbocycles. The van der Waals surface area contributed by atoms with Gasteiger partial charge in [0.15, 0.2) is 5.01 Å². The van der Waals surface area contributed by atoms with Crippen molar-refractivity contribution < 1.29 is 28.7 Å². The van der Waals surface area contributed by atoms with Gasteiger partial charge in [0.2, 0.25) is 17.6 Å². The second-order valence-corrected chi connectivity index (χ2v) is 11.6. The minimum absolute atomic E-state index is 0.0547. The molecular weight excluding hydrogens is 556 g/mol. The van der Waals surface area contributed by atoms with Crippen molar-refractivity contribution in [3.8, 4) is 16.2 Å². The molecule has 3 aromatic rings. The van der Waals surface area contributed by atoms with Crippen LogP contribution in [0.15, 0.2) is 60.8 Å². The van der Waals surface area contributed by atoms with E-state index in [4.69, 9.17) is 9.47 Å². The number of hydrogen-bond acceptors (Lipinski definition) is 8. The van der Waals surface area contributed by atoms with Crippen LogP contribution in [0.25, 0.3) is 10.4 Å². The number of amides is 3. The van der Waals surface area contributed by atoms with Crippen molar-refractivity contribution in [3.05, 3.63) is 71.4 Å². The number of nitrogens with one attached hydrogen (secondary N) is 3. The topological polar surface area (TPSA) is 136 Å². The van der Waals surface area contributed by atoms with E-state index in [9.17, 15) is 19.2 Å². The number of benzene rings is 2. The molecule has 1 fully saturated rings. The van der Waals surface area contributed by atoms with Crippen LogP contribution in [0.2, 0.25) is 0 Å². The summed E-state index contributed by atoms with van der Waals surface area (Å²) in [5.74, 6) is -0.804. The smallest absolute Gasteiger partial charge is 0.408 e. The number of rotatable bonds is 13. The zero-order valence-corrected chi connectivity index (χ0v) is 24.7. The molecule has 222 valence electrons. The molecule has 0 bridgehead atoms. The summed E-state index contributed by atoms with van der Waals surface area (Å²) < 4.78 is 10.8. The third kappa shape index (κ3) is 8.16. The Kier molecular flexibility index (Phi) is 10.7. The van der Waals surface area contributed by atoms with Crippen LogP contribution >= 0.6 is 11.3 Å². The van der Waals surface area contributed by atoms with Gasteiger partial charge in [0.05, 0.1) is 18.0 Å². The molecule has 1 aromatic heterocycles. The number of ketones is 1. The van der Waals surface area contributed by atoms with E-state index in [0.717, 1.165) is 16.0 Å². The molecule has 0 spiro atoms. The van der Waals surface area contributed by atoms with Gasteiger partial charge in [0, 0.05) is 24.2 Å². The van der Waals surface area contributed by atoms with Gasteiger partial charge in [-0.1, -0.05) is 56.3 Å². The first-order valence-corrected chi connectivity index (χ1v) is 14.8. The van der Waals surface area contributed by atoms with E-state index in [2.05, 4.69) is 20.9 Å². The van der Waals surface area contributed by atoms with Gasteiger partial charge in [-0.2, -0.15) is 0 Å². The Labute approximate surface area is 249 Å². The Bertz CT molecular complexity index is 1390. The highest BCUT2D eigenvalue weighted by atomic mass is 32.1. The molecule has 3 N–H and O–H groups in total. The second-order valence-electron chi connectivity index (χ2n) is 10.6. The first-order valence-electron chi connectivity index (χ1n) is 13.9. The van der Waals surface area contributed by atoms with E-state index in [-0.39, 0.29) is 29.9 Å². The number of hydrogen-bond donors (Lipinski definition) is 3. The normalized spacial score (nSPS) is 15.9. The Morgan fingerprint density at radius 3 is 2.48 bits per heavy atom. The number of thiazole rings is 1. The fourth-order valence-corrected chi connectivity index (χ4v) is 5.72. The first-order chi connectivity index (χ1) is 20.2. The minimum atomic E-state index is -1.01. The van der Waals surface area contributed by atoms with Crippen molar-refractivity contribution in [3.63, 3.8) is 0 Å². The number of methoxy groups -OCH3 is 1. The molecule has 1 aliphatic heterocycles. The second kappa shape index (κ2) is 14.6. The highest BCUT2D eigenvalue weighted by Crippen LogP contribution is 2.34. The van der Waals surface area contributed by atoms with Crippen LogP contribution in [0.4, 0.5) is 4.79 Å². The third-order valence-electron chi connectivity index (χ3n) is 6.93. The summed E-state index contributed by atoms with van der Waals surface area (Å²) in [6.07, 6.45) is 1.86. The van der Waals surface area contributed by atoms with Crippen molar-refractivity contribution in [1.82, 2.24) is 20.9 Å². The number of nitrogens with zero attached hydrogens (tertiary/aromatic N) is 1. The molecule has 0 unspecified atom stereocenters. The zero-order valence-electron chi connectivity index (χ0n) is 23.9. The number of para-hydroxylation sites is 1. The summed E-state index contributed by atoms with van der Waals surface area (Å²) >= 11 is 1.19. The van der Waals surface area contributed by atoms with Crippen LogP contribution in [-0.2, 0) is 20.9 Å². The molecule has 4 rings (SSSR count). The standard InChI is InChI=1S/C31H36N4O6S/c1-19(2)15-24(35-31(39)41-18-20-9-5-4-6-10-20)29(38)34-23(16-21-13-14-32-28(21)37)27(36)30-33-17-26(42-30)22-11-7-8-12-25(22)40-3/h4-12,17,19,21,23-24H,13-16,18H2,1-3H3,(H,32,37)(H,34,38)(H,35,39)/t21-,23-,24-/m0/s1. The molecule has 1 aliphatic rings. The van der Waals surface area contributed by atoms with Gasteiger partial charge in [0.1, 0.15) is 18.4 Å². The third-order valence-corrected chi connectivity index (χ3v) is 7.98. The van der Waals surface area contributed by atoms with Crippen molar-refractivity contribution >= 4 is 35.0 Å². The van der Waals surface area contributed by atoms with Crippen LogP contribution in [-0.4, -0.2) is 54.4 Å². The van der Waals surface area contributed by atoms with E-state index in [1.54, 1.807) is 13.3 Å². The molecule has 0 radical (unpaired) electrons. The van der Waals surface area contributed by atoms with Gasteiger partial charge in [-0.15, -0.1) is 11.3 Å². The van der Waals surface area contributed by atoms with Crippen molar-refractivity contribution in [2.24, 2.45) is 11.8 Å². The SMILES string of the molecule is COc1ccccc1-c1cnc(C(=O)[C@H](C[C@@H]2CCNC2=O)NC(=O)[C@H](CC(C)C)NC(=O)OCc2ccccc2)s1. The molecule has 11 heteroatoms. The monoisotopic (exact) mass is 592 g/mol. The lowest BCUT2D eigenvalue weighted by molar-refractivity contribution is -0.125. The lowest BCUT2D eigenvalue weighted by Crippen LogP contribution is -2.52. The predicted octanol–water partition coefficient (Wildman–Crippen LogP) is 4.35. The molecule has 3 amide bonds. The van der Waals surface area contributed by atoms with E-state index in [1.807, 2.05) is 68.4 Å². The van der Waals surface area contributed by atoms with Gasteiger partial charge in [-0.25, -0.2) is 9.78 Å². The Balaban J connectivity index is 1.50. The summed E-state index contributed by atoms with van der Waals surface area (Å²) in [7, 11) is 1.57. The molecule has 2 heterocycles. The number of Topliss-reactive ketones (excluding diaryl/α,β-unsaturated/α-hetero) is 1. The fraction of sp³-hybridized carbons (Fsp3) is 0.387. The lowest BCUT2D eigenvalue weighted by Gasteiger charge is -2.24. The number of carbonyl (C=O) groups is 4. The average Bonchev–Trinajstić information content (AvgIpc) is 3.64. The van der Waals surface area contributed by atoms with Crippen LogP contribution in [0.3, 0.4) is 0 Å². The summed E-state index contributed by atoms with van der Waals surface area (Å²) in [4.78, 5) is 57.4. The molecule has 0 aliphatic carbocycles. The maximum absolute atomic E-state index is 13.8. The highest BCUT2D eigenvalue weighted by molar-refractivity contribution is 7.17. The highest BCUT2D eigenvalue weighted by Gasteiger charge is 2.35. The first kappa shape index (κ1) is 30.7. The van der Waals surface area contributed by atoms with Gasteiger partial charge in [-0.3, -0.25) is 14.4 Å². The van der Waals surface area contributed by atoms with Crippen LogP contribution in [0, 0.1) is 11.8 Å². The van der Waals surface area contributed by atoms with Crippen molar-refractivity contribution in [2.45, 2.75) is 51.8 Å². The summed E-state index contributed by atoms with van der Waals surface area (Å²) in [6, 6.07) is 14.7. The van der Waals surface area contributed by atoms with Crippen LogP contribution < -0.4 is 20.7 Å². The molecule has 42 heavy (non-hydrogen) atoms. The zero-order chi connectivity index (χ0) is 30.1. The van der Waals surface area contributed by atoms with Gasteiger partial charge in [-0.05, 0) is 42.9 Å².